The van der Waals surface area contributed by atoms with Gasteiger partial charge in [-0.15, -0.1) is 0 Å². The van der Waals surface area contributed by atoms with Gasteiger partial charge in [0.15, 0.2) is 0 Å². The van der Waals surface area contributed by atoms with Crippen molar-refractivity contribution >= 4 is 5.91 Å². The average Bonchev–Trinajstić information content (AvgIpc) is 2.53. The first-order valence-electron chi connectivity index (χ1n) is 5.81. The van der Waals surface area contributed by atoms with Crippen molar-refractivity contribution in [3.8, 4) is 0 Å². The van der Waals surface area contributed by atoms with Crippen LogP contribution in [0.2, 0.25) is 0 Å². The zero-order valence-electron chi connectivity index (χ0n) is 11.0. The fourth-order valence-corrected chi connectivity index (χ4v) is 1.78. The van der Waals surface area contributed by atoms with Gasteiger partial charge in [0.25, 0.3) is 0 Å². The Morgan fingerprint density at radius 2 is 2.06 bits per heavy atom. The summed E-state index contributed by atoms with van der Waals surface area (Å²) in [7, 11) is 3.52. The highest BCUT2D eigenvalue weighted by molar-refractivity contribution is 5.75. The van der Waals surface area contributed by atoms with Gasteiger partial charge in [0, 0.05) is 38.3 Å². The normalized spacial score (nSPS) is 10.6. The van der Waals surface area contributed by atoms with E-state index in [0.717, 1.165) is 23.4 Å². The molecule has 1 aromatic rings. The van der Waals surface area contributed by atoms with Crippen LogP contribution in [-0.4, -0.2) is 39.8 Å². The highest BCUT2D eigenvalue weighted by Gasteiger charge is 2.10. The van der Waals surface area contributed by atoms with Crippen LogP contribution in [-0.2, 0) is 17.9 Å². The highest BCUT2D eigenvalue weighted by Crippen LogP contribution is 2.13. The van der Waals surface area contributed by atoms with Gasteiger partial charge in [-0.3, -0.25) is 9.48 Å². The topological polar surface area (TPSA) is 58.4 Å². The quantitative estimate of drug-likeness (QED) is 0.829. The van der Waals surface area contributed by atoms with Crippen molar-refractivity contribution in [2.45, 2.75) is 39.8 Å². The Kier molecular flexibility index (Phi) is 4.69. The van der Waals surface area contributed by atoms with Crippen LogP contribution in [0.5, 0.6) is 0 Å². The number of rotatable bonds is 5. The van der Waals surface area contributed by atoms with E-state index < -0.39 is 0 Å². The van der Waals surface area contributed by atoms with Crippen LogP contribution >= 0.6 is 0 Å². The number of aromatic nitrogens is 2. The molecule has 0 bridgehead atoms. The summed E-state index contributed by atoms with van der Waals surface area (Å²) in [4.78, 5) is 13.0. The molecule has 0 unspecified atom stereocenters. The third kappa shape index (κ3) is 3.30. The summed E-state index contributed by atoms with van der Waals surface area (Å²) in [6.07, 6.45) is 1.30. The van der Waals surface area contributed by atoms with Crippen molar-refractivity contribution in [2.75, 3.05) is 14.1 Å². The molecular weight excluding hydrogens is 218 g/mol. The summed E-state index contributed by atoms with van der Waals surface area (Å²) in [5, 5.41) is 13.5. The summed E-state index contributed by atoms with van der Waals surface area (Å²) in [5.74, 6) is 0.133. The molecule has 0 spiro atoms. The van der Waals surface area contributed by atoms with Crippen molar-refractivity contribution < 1.29 is 9.90 Å². The maximum absolute atomic E-state index is 11.4. The zero-order valence-corrected chi connectivity index (χ0v) is 11.0. The third-order valence-electron chi connectivity index (χ3n) is 2.95. The second-order valence-corrected chi connectivity index (χ2v) is 4.42. The van der Waals surface area contributed by atoms with Crippen LogP contribution in [0.4, 0.5) is 0 Å². The predicted molar refractivity (Wildman–Crippen MR) is 65.6 cm³/mol. The lowest BCUT2D eigenvalue weighted by molar-refractivity contribution is -0.128. The number of amides is 1. The van der Waals surface area contributed by atoms with Crippen LogP contribution < -0.4 is 0 Å². The minimum atomic E-state index is 0.0221. The molecule has 5 heteroatoms. The van der Waals surface area contributed by atoms with Gasteiger partial charge in [0.1, 0.15) is 0 Å². The molecule has 96 valence electrons. The van der Waals surface area contributed by atoms with Crippen LogP contribution in [0.15, 0.2) is 0 Å². The summed E-state index contributed by atoms with van der Waals surface area (Å²) in [6.45, 7) is 4.57. The maximum Gasteiger partial charge on any atom is 0.222 e. The number of aryl methyl sites for hydroxylation is 2. The van der Waals surface area contributed by atoms with Gasteiger partial charge < -0.3 is 10.0 Å². The van der Waals surface area contributed by atoms with E-state index in [1.807, 2.05) is 18.5 Å². The van der Waals surface area contributed by atoms with E-state index in [2.05, 4.69) is 5.10 Å². The molecule has 0 fully saturated rings. The first-order chi connectivity index (χ1) is 7.97. The van der Waals surface area contributed by atoms with E-state index in [0.29, 0.717) is 13.0 Å². The first-order valence-corrected chi connectivity index (χ1v) is 5.81. The van der Waals surface area contributed by atoms with E-state index in [4.69, 9.17) is 0 Å². The summed E-state index contributed by atoms with van der Waals surface area (Å²) < 4.78 is 1.86. The first kappa shape index (κ1) is 13.7. The number of aliphatic hydroxyl groups excluding tert-OH is 1. The molecule has 0 radical (unpaired) electrons. The second-order valence-electron chi connectivity index (χ2n) is 4.42. The van der Waals surface area contributed by atoms with Crippen molar-refractivity contribution in [1.82, 2.24) is 14.7 Å². The molecule has 0 aliphatic heterocycles. The van der Waals surface area contributed by atoms with Gasteiger partial charge in [-0.2, -0.15) is 5.10 Å². The lowest BCUT2D eigenvalue weighted by Crippen LogP contribution is -2.21. The van der Waals surface area contributed by atoms with Crippen molar-refractivity contribution in [3.05, 3.63) is 17.0 Å². The minimum absolute atomic E-state index is 0.0221. The predicted octanol–water partition coefficient (Wildman–Crippen LogP) is 0.861. The summed E-state index contributed by atoms with van der Waals surface area (Å²) in [6, 6.07) is 0. The lowest BCUT2D eigenvalue weighted by atomic mass is 10.2. The number of hydrogen-bond acceptors (Lipinski definition) is 3. The number of hydrogen-bond donors (Lipinski definition) is 1. The fraction of sp³-hybridized carbons (Fsp3) is 0.667. The van der Waals surface area contributed by atoms with Crippen molar-refractivity contribution in [2.24, 2.45) is 0 Å². The molecule has 17 heavy (non-hydrogen) atoms. The molecular formula is C12H21N3O2. The Bertz CT molecular complexity index is 397. The van der Waals surface area contributed by atoms with Gasteiger partial charge in [-0.1, -0.05) is 0 Å². The van der Waals surface area contributed by atoms with Gasteiger partial charge in [0.2, 0.25) is 5.91 Å². The molecule has 1 N–H and O–H groups in total. The van der Waals surface area contributed by atoms with E-state index in [9.17, 15) is 9.90 Å². The molecule has 0 saturated carbocycles. The maximum atomic E-state index is 11.4. The Balaban J connectivity index is 2.56. The number of carbonyl (C=O) groups excluding carboxylic acids is 1. The van der Waals surface area contributed by atoms with E-state index in [-0.39, 0.29) is 12.5 Å². The molecule has 1 amide bonds. The van der Waals surface area contributed by atoms with E-state index >= 15 is 0 Å². The van der Waals surface area contributed by atoms with Crippen molar-refractivity contribution in [3.63, 3.8) is 0 Å². The number of carbonyl (C=O) groups is 1. The van der Waals surface area contributed by atoms with Crippen LogP contribution in [0, 0.1) is 13.8 Å². The highest BCUT2D eigenvalue weighted by atomic mass is 16.3. The molecule has 0 aromatic carbocycles. The van der Waals surface area contributed by atoms with Gasteiger partial charge in [-0.05, 0) is 20.3 Å². The molecule has 0 aliphatic carbocycles. The molecule has 1 aromatic heterocycles. The fourth-order valence-electron chi connectivity index (χ4n) is 1.78. The molecule has 0 saturated heterocycles. The minimum Gasteiger partial charge on any atom is -0.392 e. The largest absolute Gasteiger partial charge is 0.392 e. The Hall–Kier alpha value is -1.36. The van der Waals surface area contributed by atoms with Gasteiger partial charge in [-0.25, -0.2) is 0 Å². The van der Waals surface area contributed by atoms with Crippen LogP contribution in [0.25, 0.3) is 0 Å². The van der Waals surface area contributed by atoms with Crippen LogP contribution in [0.1, 0.15) is 29.8 Å². The Labute approximate surface area is 102 Å². The monoisotopic (exact) mass is 239 g/mol. The van der Waals surface area contributed by atoms with E-state index in [1.54, 1.807) is 19.0 Å². The van der Waals surface area contributed by atoms with Crippen LogP contribution in [0.3, 0.4) is 0 Å². The molecule has 1 rings (SSSR count). The van der Waals surface area contributed by atoms with Crippen molar-refractivity contribution in [1.29, 1.82) is 0 Å². The lowest BCUT2D eigenvalue weighted by Gasteiger charge is -2.10. The average molecular weight is 239 g/mol. The SMILES string of the molecule is Cc1nn(CCCC(=O)N(C)C)c(C)c1CO. The standard InChI is InChI=1S/C12H21N3O2/c1-9-11(8-16)10(2)15(13-9)7-5-6-12(17)14(3)4/h16H,5-8H2,1-4H3. The second kappa shape index (κ2) is 5.82. The smallest absolute Gasteiger partial charge is 0.222 e. The third-order valence-corrected chi connectivity index (χ3v) is 2.95. The van der Waals surface area contributed by atoms with Gasteiger partial charge in [0.05, 0.1) is 12.3 Å². The Morgan fingerprint density at radius 3 is 2.53 bits per heavy atom. The number of aliphatic hydroxyl groups is 1. The zero-order chi connectivity index (χ0) is 13.0. The summed E-state index contributed by atoms with van der Waals surface area (Å²) in [5.41, 5.74) is 2.75. The Morgan fingerprint density at radius 1 is 1.41 bits per heavy atom. The van der Waals surface area contributed by atoms with Gasteiger partial charge >= 0.3 is 0 Å². The molecule has 1 heterocycles. The molecule has 0 aliphatic rings. The van der Waals surface area contributed by atoms with E-state index in [1.165, 1.54) is 0 Å². The number of nitrogens with zero attached hydrogens (tertiary/aromatic N) is 3. The molecule has 0 atom stereocenters. The summed E-state index contributed by atoms with van der Waals surface area (Å²) >= 11 is 0. The molecule has 5 nitrogen and oxygen atoms in total.